The molecule has 0 radical (unpaired) electrons. The van der Waals surface area contributed by atoms with E-state index in [1.165, 1.54) is 7.11 Å². The zero-order chi connectivity index (χ0) is 15.9. The van der Waals surface area contributed by atoms with Crippen molar-refractivity contribution in [2.75, 3.05) is 19.0 Å². The number of benzene rings is 2. The molecule has 0 aliphatic carbocycles. The van der Waals surface area contributed by atoms with Crippen LogP contribution < -0.4 is 5.32 Å². The highest BCUT2D eigenvalue weighted by atomic mass is 35.5. The smallest absolute Gasteiger partial charge is 0.333 e. The summed E-state index contributed by atoms with van der Waals surface area (Å²) in [6.07, 6.45) is 0.602. The molecule has 0 spiro atoms. The van der Waals surface area contributed by atoms with E-state index in [0.717, 1.165) is 11.3 Å². The van der Waals surface area contributed by atoms with Gasteiger partial charge in [-0.3, -0.25) is 0 Å². The molecular weight excluding hydrogens is 302 g/mol. The van der Waals surface area contributed by atoms with E-state index in [9.17, 15) is 4.79 Å². The van der Waals surface area contributed by atoms with Gasteiger partial charge >= 0.3 is 5.97 Å². The maximum Gasteiger partial charge on any atom is 0.333 e. The van der Waals surface area contributed by atoms with E-state index in [2.05, 4.69) is 5.32 Å². The number of hydrogen-bond acceptors (Lipinski definition) is 4. The van der Waals surface area contributed by atoms with Crippen molar-refractivity contribution in [3.05, 3.63) is 64.7 Å². The molecule has 2 aromatic rings. The van der Waals surface area contributed by atoms with Crippen molar-refractivity contribution in [1.82, 2.24) is 0 Å². The largest absolute Gasteiger partial charge is 0.467 e. The number of nitrogens with one attached hydrogen (secondary N) is 1. The monoisotopic (exact) mass is 319 g/mol. The Balaban J connectivity index is 2.24. The van der Waals surface area contributed by atoms with E-state index >= 15 is 0 Å². The third-order valence-electron chi connectivity index (χ3n) is 3.32. The van der Waals surface area contributed by atoms with Crippen LogP contribution in [0.2, 0.25) is 5.02 Å². The number of rotatable bonds is 6. The number of esters is 1. The number of aliphatic hydroxyl groups excluding tert-OH is 1. The van der Waals surface area contributed by atoms with E-state index in [1.54, 1.807) is 12.1 Å². The maximum atomic E-state index is 12.1. The lowest BCUT2D eigenvalue weighted by Crippen LogP contribution is -2.22. The predicted octanol–water partition coefficient (Wildman–Crippen LogP) is 3.20. The van der Waals surface area contributed by atoms with Crippen molar-refractivity contribution in [2.45, 2.75) is 12.5 Å². The molecule has 0 bridgehead atoms. The Morgan fingerprint density at radius 2 is 1.91 bits per heavy atom. The number of methoxy groups -OCH3 is 1. The van der Waals surface area contributed by atoms with E-state index in [1.807, 2.05) is 36.4 Å². The summed E-state index contributed by atoms with van der Waals surface area (Å²) in [4.78, 5) is 12.1. The van der Waals surface area contributed by atoms with Gasteiger partial charge in [0.05, 0.1) is 7.11 Å². The molecular formula is C17H18ClNO3. The normalized spacial score (nSPS) is 11.8. The van der Waals surface area contributed by atoms with Crippen LogP contribution in [-0.4, -0.2) is 24.8 Å². The summed E-state index contributed by atoms with van der Waals surface area (Å²) in [6, 6.07) is 14.0. The molecule has 0 fully saturated rings. The number of halogens is 1. The van der Waals surface area contributed by atoms with Crippen LogP contribution in [0, 0.1) is 0 Å². The van der Waals surface area contributed by atoms with Gasteiger partial charge in [-0.2, -0.15) is 0 Å². The molecule has 0 saturated heterocycles. The molecule has 2 N–H and O–H groups in total. The summed E-state index contributed by atoms with van der Waals surface area (Å²) >= 11 is 6.18. The van der Waals surface area contributed by atoms with Crippen molar-refractivity contribution in [2.24, 2.45) is 0 Å². The molecule has 0 heterocycles. The summed E-state index contributed by atoms with van der Waals surface area (Å²) in [5.41, 5.74) is 2.47. The van der Waals surface area contributed by atoms with Crippen LogP contribution in [-0.2, 0) is 16.0 Å². The first-order chi connectivity index (χ1) is 10.7. The first-order valence-corrected chi connectivity index (χ1v) is 7.32. The fourth-order valence-corrected chi connectivity index (χ4v) is 2.40. The lowest BCUT2D eigenvalue weighted by Gasteiger charge is -2.19. The van der Waals surface area contributed by atoms with Gasteiger partial charge in [-0.15, -0.1) is 0 Å². The first kappa shape index (κ1) is 16.3. The van der Waals surface area contributed by atoms with Gasteiger partial charge in [0.2, 0.25) is 0 Å². The average Bonchev–Trinajstić information content (AvgIpc) is 2.54. The van der Waals surface area contributed by atoms with Crippen LogP contribution in [0.5, 0.6) is 0 Å². The number of aliphatic hydroxyl groups is 1. The van der Waals surface area contributed by atoms with E-state index in [0.29, 0.717) is 17.0 Å². The van der Waals surface area contributed by atoms with Crippen LogP contribution in [0.4, 0.5) is 5.69 Å². The Hall–Kier alpha value is -2.04. The summed E-state index contributed by atoms with van der Waals surface area (Å²) in [5, 5.41) is 12.6. The molecule has 22 heavy (non-hydrogen) atoms. The first-order valence-electron chi connectivity index (χ1n) is 6.94. The predicted molar refractivity (Wildman–Crippen MR) is 87.1 cm³/mol. The molecule has 5 heteroatoms. The quantitative estimate of drug-likeness (QED) is 0.803. The van der Waals surface area contributed by atoms with Gasteiger partial charge in [-0.05, 0) is 30.2 Å². The fourth-order valence-electron chi connectivity index (χ4n) is 2.15. The molecule has 2 aromatic carbocycles. The summed E-state index contributed by atoms with van der Waals surface area (Å²) in [6.45, 7) is 0.108. The molecule has 0 aliphatic rings. The third kappa shape index (κ3) is 4.00. The second kappa shape index (κ2) is 7.82. The SMILES string of the molecule is COC(=O)[C@H](Nc1ccc(CCO)cc1)c1ccccc1Cl. The number of hydrogen-bond donors (Lipinski definition) is 2. The molecule has 2 rings (SSSR count). The third-order valence-corrected chi connectivity index (χ3v) is 3.66. The van der Waals surface area contributed by atoms with Crippen LogP contribution in [0.15, 0.2) is 48.5 Å². The van der Waals surface area contributed by atoms with Crippen molar-refractivity contribution in [1.29, 1.82) is 0 Å². The van der Waals surface area contributed by atoms with Gasteiger partial charge in [0, 0.05) is 22.9 Å². The molecule has 0 aliphatic heterocycles. The Labute approximate surface area is 134 Å². The van der Waals surface area contributed by atoms with E-state index < -0.39 is 12.0 Å². The second-order valence-corrected chi connectivity index (χ2v) is 5.20. The zero-order valence-electron chi connectivity index (χ0n) is 12.3. The lowest BCUT2D eigenvalue weighted by molar-refractivity contribution is -0.141. The summed E-state index contributed by atoms with van der Waals surface area (Å²) < 4.78 is 4.86. The van der Waals surface area contributed by atoms with Gasteiger partial charge < -0.3 is 15.2 Å². The fraction of sp³-hybridized carbons (Fsp3) is 0.235. The van der Waals surface area contributed by atoms with E-state index in [4.69, 9.17) is 21.4 Å². The highest BCUT2D eigenvalue weighted by Crippen LogP contribution is 2.27. The van der Waals surface area contributed by atoms with Crippen molar-refractivity contribution >= 4 is 23.3 Å². The van der Waals surface area contributed by atoms with Crippen molar-refractivity contribution in [3.8, 4) is 0 Å². The average molecular weight is 320 g/mol. The van der Waals surface area contributed by atoms with Crippen molar-refractivity contribution < 1.29 is 14.6 Å². The molecule has 0 unspecified atom stereocenters. The maximum absolute atomic E-state index is 12.1. The van der Waals surface area contributed by atoms with Gasteiger partial charge in [0.15, 0.2) is 6.04 Å². The molecule has 0 aromatic heterocycles. The Bertz CT molecular complexity index is 628. The standard InChI is InChI=1S/C17H18ClNO3/c1-22-17(21)16(14-4-2-3-5-15(14)18)19-13-8-6-12(7-9-13)10-11-20/h2-9,16,19-20H,10-11H2,1H3/t16-/m1/s1. The Kier molecular flexibility index (Phi) is 5.81. The highest BCUT2D eigenvalue weighted by Gasteiger charge is 2.23. The molecule has 0 saturated carbocycles. The topological polar surface area (TPSA) is 58.6 Å². The van der Waals surface area contributed by atoms with Gasteiger partial charge in [-0.25, -0.2) is 4.79 Å². The van der Waals surface area contributed by atoms with Gasteiger partial charge in [0.1, 0.15) is 0 Å². The number of ether oxygens (including phenoxy) is 1. The summed E-state index contributed by atoms with van der Waals surface area (Å²) in [5.74, 6) is -0.410. The number of carbonyl (C=O) groups excluding carboxylic acids is 1. The van der Waals surface area contributed by atoms with Gasteiger partial charge in [-0.1, -0.05) is 41.9 Å². The Morgan fingerprint density at radius 1 is 1.23 bits per heavy atom. The lowest BCUT2D eigenvalue weighted by atomic mass is 10.1. The zero-order valence-corrected chi connectivity index (χ0v) is 13.0. The van der Waals surface area contributed by atoms with Crippen LogP contribution in [0.3, 0.4) is 0 Å². The minimum Gasteiger partial charge on any atom is -0.467 e. The summed E-state index contributed by atoms with van der Waals surface area (Å²) in [7, 11) is 1.35. The molecule has 4 nitrogen and oxygen atoms in total. The van der Waals surface area contributed by atoms with Crippen molar-refractivity contribution in [3.63, 3.8) is 0 Å². The van der Waals surface area contributed by atoms with Crippen LogP contribution >= 0.6 is 11.6 Å². The minimum absolute atomic E-state index is 0.108. The van der Waals surface area contributed by atoms with Gasteiger partial charge in [0.25, 0.3) is 0 Å². The highest BCUT2D eigenvalue weighted by molar-refractivity contribution is 6.31. The Morgan fingerprint density at radius 3 is 2.50 bits per heavy atom. The number of carbonyl (C=O) groups is 1. The molecule has 0 amide bonds. The number of anilines is 1. The van der Waals surface area contributed by atoms with E-state index in [-0.39, 0.29) is 6.61 Å². The van der Waals surface area contributed by atoms with Crippen LogP contribution in [0.25, 0.3) is 0 Å². The molecule has 1 atom stereocenters. The molecule has 116 valence electrons. The second-order valence-electron chi connectivity index (χ2n) is 4.79. The minimum atomic E-state index is -0.678. The van der Waals surface area contributed by atoms with Crippen LogP contribution in [0.1, 0.15) is 17.2 Å².